The summed E-state index contributed by atoms with van der Waals surface area (Å²) in [5.41, 5.74) is 1.17. The van der Waals surface area contributed by atoms with Gasteiger partial charge in [-0.15, -0.1) is 11.3 Å². The smallest absolute Gasteiger partial charge is 0.226 e. The first kappa shape index (κ1) is 20.4. The molecule has 1 amide bonds. The van der Waals surface area contributed by atoms with Crippen molar-refractivity contribution in [3.05, 3.63) is 45.4 Å². The summed E-state index contributed by atoms with van der Waals surface area (Å²) < 4.78 is 26.9. The Morgan fingerprint density at radius 3 is 2.63 bits per heavy atom. The van der Waals surface area contributed by atoms with Crippen molar-refractivity contribution in [2.45, 2.75) is 32.1 Å². The topological polar surface area (TPSA) is 79.4 Å². The van der Waals surface area contributed by atoms with E-state index in [4.69, 9.17) is 0 Å². The maximum absolute atomic E-state index is 12.2. The van der Waals surface area contributed by atoms with Gasteiger partial charge in [0.25, 0.3) is 0 Å². The zero-order valence-corrected chi connectivity index (χ0v) is 18.1. The number of sulfonamides is 1. The molecule has 0 bridgehead atoms. The van der Waals surface area contributed by atoms with Crippen LogP contribution in [0.15, 0.2) is 34.9 Å². The Labute approximate surface area is 172 Å². The third-order valence-corrected chi connectivity index (χ3v) is 7.75. The van der Waals surface area contributed by atoms with E-state index < -0.39 is 10.0 Å². The normalized spacial score (nSPS) is 15.1. The monoisotopic (exact) mass is 471 g/mol. The van der Waals surface area contributed by atoms with Gasteiger partial charge in [0.1, 0.15) is 0 Å². The maximum atomic E-state index is 12.2. The molecule has 0 aliphatic carbocycles. The van der Waals surface area contributed by atoms with Crippen LogP contribution in [-0.4, -0.2) is 42.5 Å². The lowest BCUT2D eigenvalue weighted by atomic mass is 10.1. The Morgan fingerprint density at radius 2 is 1.93 bits per heavy atom. The second-order valence-electron chi connectivity index (χ2n) is 6.51. The van der Waals surface area contributed by atoms with Crippen molar-refractivity contribution in [1.82, 2.24) is 9.29 Å². The Hall–Kier alpha value is -1.29. The van der Waals surface area contributed by atoms with E-state index in [1.165, 1.54) is 21.2 Å². The van der Waals surface area contributed by atoms with Crippen LogP contribution in [0.5, 0.6) is 0 Å². The van der Waals surface area contributed by atoms with Crippen molar-refractivity contribution in [2.24, 2.45) is 0 Å². The SMILES string of the molecule is O=C(CCCS(=O)(=O)N1CCCC1)Nc1ncc(Cc2ccc(Br)cc2)s1. The molecule has 3 rings (SSSR count). The van der Waals surface area contributed by atoms with Crippen LogP contribution in [0.2, 0.25) is 0 Å². The van der Waals surface area contributed by atoms with Gasteiger partial charge in [-0.2, -0.15) is 0 Å². The summed E-state index contributed by atoms with van der Waals surface area (Å²) in [5, 5.41) is 3.32. The Balaban J connectivity index is 1.44. The van der Waals surface area contributed by atoms with E-state index in [2.05, 4.69) is 26.2 Å². The molecule has 1 saturated heterocycles. The van der Waals surface area contributed by atoms with Gasteiger partial charge in [0.15, 0.2) is 5.13 Å². The standard InChI is InChI=1S/C18H22BrN3O3S2/c19-15-7-5-14(6-8-15)12-16-13-20-18(26-16)21-17(23)4-3-11-27(24,25)22-9-1-2-10-22/h5-8,13H,1-4,9-12H2,(H,20,21,23). The summed E-state index contributed by atoms with van der Waals surface area (Å²) in [7, 11) is -3.23. The van der Waals surface area contributed by atoms with Gasteiger partial charge in [-0.1, -0.05) is 28.1 Å². The Kier molecular flexibility index (Phi) is 7.02. The molecule has 1 fully saturated rings. The van der Waals surface area contributed by atoms with E-state index in [1.807, 2.05) is 24.3 Å². The van der Waals surface area contributed by atoms with Crippen LogP contribution < -0.4 is 5.32 Å². The summed E-state index contributed by atoms with van der Waals surface area (Å²) in [6, 6.07) is 8.08. The van der Waals surface area contributed by atoms with Crippen LogP contribution in [0, 0.1) is 0 Å². The summed E-state index contributed by atoms with van der Waals surface area (Å²) in [6.07, 6.45) is 4.87. The number of hydrogen-bond donors (Lipinski definition) is 1. The molecular formula is C18H22BrN3O3S2. The highest BCUT2D eigenvalue weighted by Crippen LogP contribution is 2.22. The number of amides is 1. The lowest BCUT2D eigenvalue weighted by Crippen LogP contribution is -2.30. The number of nitrogens with one attached hydrogen (secondary N) is 1. The molecule has 2 aromatic rings. The van der Waals surface area contributed by atoms with Gasteiger partial charge in [-0.05, 0) is 37.0 Å². The van der Waals surface area contributed by atoms with Crippen LogP contribution >= 0.6 is 27.3 Å². The van der Waals surface area contributed by atoms with E-state index in [9.17, 15) is 13.2 Å². The second-order valence-corrected chi connectivity index (χ2v) is 10.6. The third-order valence-electron chi connectivity index (χ3n) is 4.36. The highest BCUT2D eigenvalue weighted by Gasteiger charge is 2.24. The summed E-state index contributed by atoms with van der Waals surface area (Å²) in [6.45, 7) is 1.21. The number of aromatic nitrogens is 1. The molecule has 0 spiro atoms. The van der Waals surface area contributed by atoms with Crippen molar-refractivity contribution in [2.75, 3.05) is 24.2 Å². The van der Waals surface area contributed by atoms with Gasteiger partial charge < -0.3 is 5.32 Å². The number of nitrogens with zero attached hydrogens (tertiary/aromatic N) is 2. The molecular weight excluding hydrogens is 450 g/mol. The average Bonchev–Trinajstić information content (AvgIpc) is 3.29. The van der Waals surface area contributed by atoms with E-state index in [-0.39, 0.29) is 18.1 Å². The van der Waals surface area contributed by atoms with Crippen molar-refractivity contribution in [3.8, 4) is 0 Å². The summed E-state index contributed by atoms with van der Waals surface area (Å²) in [5.74, 6) is -0.177. The quantitative estimate of drug-likeness (QED) is 0.636. The molecule has 1 N–H and O–H groups in total. The predicted molar refractivity (Wildman–Crippen MR) is 112 cm³/mol. The zero-order chi connectivity index (χ0) is 19.3. The number of anilines is 1. The number of benzene rings is 1. The first-order valence-corrected chi connectivity index (χ1v) is 12.1. The fourth-order valence-corrected chi connectivity index (χ4v) is 5.65. The lowest BCUT2D eigenvalue weighted by molar-refractivity contribution is -0.116. The first-order chi connectivity index (χ1) is 12.9. The highest BCUT2D eigenvalue weighted by molar-refractivity contribution is 9.10. The molecule has 0 saturated carbocycles. The second kappa shape index (κ2) is 9.27. The molecule has 1 aliphatic rings. The van der Waals surface area contributed by atoms with Crippen molar-refractivity contribution < 1.29 is 13.2 Å². The fourth-order valence-electron chi connectivity index (χ4n) is 2.94. The van der Waals surface area contributed by atoms with Gasteiger partial charge in [0.2, 0.25) is 15.9 Å². The number of thiazole rings is 1. The molecule has 0 radical (unpaired) electrons. The van der Waals surface area contributed by atoms with Crippen LogP contribution in [-0.2, 0) is 21.2 Å². The average molecular weight is 472 g/mol. The van der Waals surface area contributed by atoms with Crippen molar-refractivity contribution >= 4 is 48.3 Å². The van der Waals surface area contributed by atoms with E-state index in [0.29, 0.717) is 24.6 Å². The number of hydrogen-bond acceptors (Lipinski definition) is 5. The molecule has 2 heterocycles. The van der Waals surface area contributed by atoms with Crippen LogP contribution in [0.3, 0.4) is 0 Å². The van der Waals surface area contributed by atoms with Crippen LogP contribution in [0.1, 0.15) is 36.1 Å². The Bertz CT molecular complexity index is 876. The van der Waals surface area contributed by atoms with Crippen molar-refractivity contribution in [3.63, 3.8) is 0 Å². The molecule has 1 aliphatic heterocycles. The van der Waals surface area contributed by atoms with Crippen molar-refractivity contribution in [1.29, 1.82) is 0 Å². The zero-order valence-electron chi connectivity index (χ0n) is 14.9. The molecule has 146 valence electrons. The number of halogens is 1. The lowest BCUT2D eigenvalue weighted by Gasteiger charge is -2.14. The maximum Gasteiger partial charge on any atom is 0.226 e. The minimum Gasteiger partial charge on any atom is -0.302 e. The molecule has 6 nitrogen and oxygen atoms in total. The van der Waals surface area contributed by atoms with Crippen LogP contribution in [0.25, 0.3) is 0 Å². The number of carbonyl (C=O) groups is 1. The molecule has 9 heteroatoms. The minimum atomic E-state index is -3.23. The van der Waals surface area contributed by atoms with Gasteiger partial charge in [-0.25, -0.2) is 17.7 Å². The molecule has 0 atom stereocenters. The molecule has 27 heavy (non-hydrogen) atoms. The third kappa shape index (κ3) is 6.10. The summed E-state index contributed by atoms with van der Waals surface area (Å²) >= 11 is 4.85. The van der Waals surface area contributed by atoms with Gasteiger partial charge in [-0.3, -0.25) is 4.79 Å². The first-order valence-electron chi connectivity index (χ1n) is 8.89. The fraction of sp³-hybridized carbons (Fsp3) is 0.444. The van der Waals surface area contributed by atoms with E-state index >= 15 is 0 Å². The largest absolute Gasteiger partial charge is 0.302 e. The number of carbonyl (C=O) groups excluding carboxylic acids is 1. The molecule has 1 aromatic carbocycles. The minimum absolute atomic E-state index is 0.0209. The molecule has 0 unspecified atom stereocenters. The van der Waals surface area contributed by atoms with Crippen LogP contribution in [0.4, 0.5) is 5.13 Å². The van der Waals surface area contributed by atoms with Gasteiger partial charge in [0.05, 0.1) is 5.75 Å². The molecule has 1 aromatic heterocycles. The number of rotatable bonds is 8. The van der Waals surface area contributed by atoms with E-state index in [0.717, 1.165) is 28.6 Å². The summed E-state index contributed by atoms with van der Waals surface area (Å²) in [4.78, 5) is 17.4. The highest BCUT2D eigenvalue weighted by atomic mass is 79.9. The van der Waals surface area contributed by atoms with Gasteiger partial charge >= 0.3 is 0 Å². The Morgan fingerprint density at radius 1 is 1.22 bits per heavy atom. The van der Waals surface area contributed by atoms with E-state index in [1.54, 1.807) is 6.20 Å². The predicted octanol–water partition coefficient (Wildman–Crippen LogP) is 3.64. The van der Waals surface area contributed by atoms with Gasteiger partial charge in [0, 0.05) is 41.5 Å².